The van der Waals surface area contributed by atoms with Crippen molar-refractivity contribution in [2.75, 3.05) is 20.3 Å². The fourth-order valence-electron chi connectivity index (χ4n) is 2.95. The predicted octanol–water partition coefficient (Wildman–Crippen LogP) is 5.30. The maximum atomic E-state index is 11.0. The summed E-state index contributed by atoms with van der Waals surface area (Å²) in [7, 11) is 1.65. The van der Waals surface area contributed by atoms with Crippen LogP contribution in [0.15, 0.2) is 79.4 Å². The summed E-state index contributed by atoms with van der Waals surface area (Å²) in [5.41, 5.74) is 4.82. The molecule has 0 unspecified atom stereocenters. The second-order valence-electron chi connectivity index (χ2n) is 7.36. The second kappa shape index (κ2) is 12.6. The Morgan fingerprint density at radius 1 is 0.824 bits per heavy atom. The number of benzene rings is 3. The summed E-state index contributed by atoms with van der Waals surface area (Å²) < 4.78 is 15.7. The number of carbonyl (C=O) groups excluding carboxylic acids is 1. The largest absolute Gasteiger partial charge is 0.497 e. The van der Waals surface area contributed by atoms with Crippen molar-refractivity contribution in [2.24, 2.45) is 0 Å². The predicted molar refractivity (Wildman–Crippen MR) is 134 cm³/mol. The molecule has 0 saturated carbocycles. The fourth-order valence-corrected chi connectivity index (χ4v) is 2.95. The zero-order valence-corrected chi connectivity index (χ0v) is 19.4. The van der Waals surface area contributed by atoms with Crippen LogP contribution in [0.25, 0.3) is 0 Å². The van der Waals surface area contributed by atoms with Crippen LogP contribution in [0, 0.1) is 30.6 Å². The molecule has 4 nitrogen and oxygen atoms in total. The topological polar surface area (TPSA) is 44.8 Å². The van der Waals surface area contributed by atoms with Crippen LogP contribution < -0.4 is 9.47 Å². The lowest BCUT2D eigenvalue weighted by Gasteiger charge is -2.06. The first-order chi connectivity index (χ1) is 16.6. The Morgan fingerprint density at radius 3 is 2.03 bits per heavy atom. The first kappa shape index (κ1) is 24.2. The van der Waals surface area contributed by atoms with Gasteiger partial charge in [0, 0.05) is 34.8 Å². The molecule has 0 heterocycles. The summed E-state index contributed by atoms with van der Waals surface area (Å²) in [5, 5.41) is 0. The lowest BCUT2D eigenvalue weighted by molar-refractivity contribution is -0.137. The third kappa shape index (κ3) is 7.62. The second-order valence-corrected chi connectivity index (χ2v) is 7.36. The summed E-state index contributed by atoms with van der Waals surface area (Å²) in [6, 6.07) is 21.3. The molecule has 0 fully saturated rings. The Hall–Kier alpha value is -4.41. The summed E-state index contributed by atoms with van der Waals surface area (Å²) in [4.78, 5) is 11.0. The highest BCUT2D eigenvalue weighted by Crippen LogP contribution is 2.14. The molecule has 3 aromatic rings. The van der Waals surface area contributed by atoms with Gasteiger partial charge in [0.05, 0.1) is 20.3 Å². The van der Waals surface area contributed by atoms with Gasteiger partial charge >= 0.3 is 5.97 Å². The van der Waals surface area contributed by atoms with Crippen LogP contribution in [0.3, 0.4) is 0 Å². The van der Waals surface area contributed by atoms with Crippen LogP contribution in [0.2, 0.25) is 0 Å². The van der Waals surface area contributed by atoms with Crippen molar-refractivity contribution in [2.45, 2.75) is 13.3 Å². The van der Waals surface area contributed by atoms with Gasteiger partial charge in [-0.05, 0) is 79.2 Å². The number of carbonyl (C=O) groups is 1. The van der Waals surface area contributed by atoms with E-state index in [-0.39, 0.29) is 0 Å². The molecule has 0 aliphatic carbocycles. The molecule has 3 aromatic carbocycles. The molecule has 170 valence electrons. The summed E-state index contributed by atoms with van der Waals surface area (Å²) in [6.07, 6.45) is 1.76. The van der Waals surface area contributed by atoms with Crippen molar-refractivity contribution in [1.82, 2.24) is 0 Å². The van der Waals surface area contributed by atoms with Gasteiger partial charge in [-0.15, -0.1) is 0 Å². The van der Waals surface area contributed by atoms with E-state index in [1.807, 2.05) is 73.7 Å². The van der Waals surface area contributed by atoms with Gasteiger partial charge < -0.3 is 14.2 Å². The number of aryl methyl sites for hydroxylation is 1. The Bertz CT molecular complexity index is 1250. The molecule has 0 radical (unpaired) electrons. The molecule has 0 aromatic heterocycles. The van der Waals surface area contributed by atoms with Crippen LogP contribution >= 0.6 is 0 Å². The first-order valence-electron chi connectivity index (χ1n) is 10.9. The van der Waals surface area contributed by atoms with Gasteiger partial charge in [-0.25, -0.2) is 4.79 Å². The lowest BCUT2D eigenvalue weighted by Crippen LogP contribution is -2.06. The molecule has 0 atom stereocenters. The van der Waals surface area contributed by atoms with Gasteiger partial charge in [0.2, 0.25) is 0 Å². The van der Waals surface area contributed by atoms with Crippen molar-refractivity contribution >= 4 is 5.97 Å². The third-order valence-corrected chi connectivity index (χ3v) is 4.83. The van der Waals surface area contributed by atoms with Crippen molar-refractivity contribution in [1.29, 1.82) is 0 Å². The number of hydrogen-bond acceptors (Lipinski definition) is 4. The zero-order chi connectivity index (χ0) is 24.2. The van der Waals surface area contributed by atoms with E-state index in [4.69, 9.17) is 14.2 Å². The smallest absolute Gasteiger partial charge is 0.330 e. The molecule has 34 heavy (non-hydrogen) atoms. The lowest BCUT2D eigenvalue weighted by atomic mass is 10.0. The minimum Gasteiger partial charge on any atom is -0.497 e. The highest BCUT2D eigenvalue weighted by Gasteiger charge is 1.99. The Labute approximate surface area is 201 Å². The van der Waals surface area contributed by atoms with Crippen molar-refractivity contribution in [3.63, 3.8) is 0 Å². The Balaban J connectivity index is 1.55. The summed E-state index contributed by atoms with van der Waals surface area (Å²) in [5.74, 6) is 13.9. The van der Waals surface area contributed by atoms with Crippen LogP contribution in [0.5, 0.6) is 11.5 Å². The number of hydrogen-bond donors (Lipinski definition) is 0. The highest BCUT2D eigenvalue weighted by atomic mass is 16.5. The number of rotatable bonds is 7. The maximum absolute atomic E-state index is 11.0. The molecule has 0 bridgehead atoms. The molecular weight excluding hydrogens is 424 g/mol. The maximum Gasteiger partial charge on any atom is 0.330 e. The standard InChI is InChI=1S/C30H26O4/c1-4-30(31)34-21-5-20-33-29-18-12-25(13-19-29)8-14-27-15-9-26(22-23(27)2)7-6-24-10-16-28(32-3)17-11-24/h4,9-13,15-19,22H,1,5,20-21H2,2-3H3. The van der Waals surface area contributed by atoms with Crippen LogP contribution in [-0.4, -0.2) is 26.3 Å². The van der Waals surface area contributed by atoms with E-state index >= 15 is 0 Å². The Morgan fingerprint density at radius 2 is 1.41 bits per heavy atom. The van der Waals surface area contributed by atoms with Crippen LogP contribution in [-0.2, 0) is 9.53 Å². The molecule has 0 saturated heterocycles. The van der Waals surface area contributed by atoms with E-state index in [2.05, 4.69) is 30.3 Å². The first-order valence-corrected chi connectivity index (χ1v) is 10.9. The van der Waals surface area contributed by atoms with E-state index in [1.54, 1.807) is 7.11 Å². The van der Waals surface area contributed by atoms with E-state index in [0.29, 0.717) is 19.6 Å². The van der Waals surface area contributed by atoms with Crippen molar-refractivity contribution in [3.8, 4) is 35.2 Å². The van der Waals surface area contributed by atoms with Gasteiger partial charge in [-0.2, -0.15) is 0 Å². The molecule has 0 spiro atoms. The fraction of sp³-hybridized carbons (Fsp3) is 0.167. The minimum atomic E-state index is -0.422. The van der Waals surface area contributed by atoms with Crippen molar-refractivity contribution in [3.05, 3.63) is 107 Å². The van der Waals surface area contributed by atoms with Crippen LogP contribution in [0.4, 0.5) is 0 Å². The number of esters is 1. The molecule has 0 N–H and O–H groups in total. The molecule has 0 aliphatic heterocycles. The third-order valence-electron chi connectivity index (χ3n) is 4.83. The minimum absolute atomic E-state index is 0.305. The zero-order valence-electron chi connectivity index (χ0n) is 19.4. The van der Waals surface area contributed by atoms with Gasteiger partial charge in [0.15, 0.2) is 0 Å². The van der Waals surface area contributed by atoms with E-state index in [0.717, 1.165) is 45.4 Å². The molecule has 3 rings (SSSR count). The molecule has 0 aliphatic rings. The number of methoxy groups -OCH3 is 1. The van der Waals surface area contributed by atoms with E-state index in [1.165, 1.54) is 0 Å². The normalized spacial score (nSPS) is 9.59. The number of ether oxygens (including phenoxy) is 3. The van der Waals surface area contributed by atoms with Gasteiger partial charge in [0.25, 0.3) is 0 Å². The SMILES string of the molecule is C=CC(=O)OCCCOc1ccc(C#Cc2ccc(C#Cc3ccc(OC)cc3)cc2C)cc1. The molecule has 0 amide bonds. The van der Waals surface area contributed by atoms with Crippen LogP contribution in [0.1, 0.15) is 34.2 Å². The van der Waals surface area contributed by atoms with Crippen molar-refractivity contribution < 1.29 is 19.0 Å². The quantitative estimate of drug-likeness (QED) is 0.212. The average Bonchev–Trinajstić information content (AvgIpc) is 2.87. The van der Waals surface area contributed by atoms with E-state index < -0.39 is 5.97 Å². The van der Waals surface area contributed by atoms with E-state index in [9.17, 15) is 4.79 Å². The van der Waals surface area contributed by atoms with Gasteiger partial charge in [-0.1, -0.05) is 30.3 Å². The molecular formula is C30H26O4. The monoisotopic (exact) mass is 450 g/mol. The summed E-state index contributed by atoms with van der Waals surface area (Å²) in [6.45, 7) is 6.15. The Kier molecular flexibility index (Phi) is 8.97. The average molecular weight is 451 g/mol. The summed E-state index contributed by atoms with van der Waals surface area (Å²) >= 11 is 0. The van der Waals surface area contributed by atoms with Gasteiger partial charge in [-0.3, -0.25) is 0 Å². The van der Waals surface area contributed by atoms with Gasteiger partial charge in [0.1, 0.15) is 11.5 Å². The molecule has 4 heteroatoms. The highest BCUT2D eigenvalue weighted by molar-refractivity contribution is 5.81.